The van der Waals surface area contributed by atoms with Crippen LogP contribution in [0.2, 0.25) is 0 Å². The van der Waals surface area contributed by atoms with Crippen LogP contribution in [0.1, 0.15) is 17.2 Å². The molecule has 1 aromatic carbocycles. The maximum Gasteiger partial charge on any atom is 0.141 e. The highest BCUT2D eigenvalue weighted by Gasteiger charge is 2.15. The summed E-state index contributed by atoms with van der Waals surface area (Å²) in [6.07, 6.45) is 1.64. The lowest BCUT2D eigenvalue weighted by atomic mass is 10.0. The van der Waals surface area contributed by atoms with Crippen LogP contribution in [0.15, 0.2) is 45.6 Å². The van der Waals surface area contributed by atoms with E-state index in [1.54, 1.807) is 6.07 Å². The maximum atomic E-state index is 13.0. The van der Waals surface area contributed by atoms with Crippen molar-refractivity contribution in [3.63, 3.8) is 0 Å². The number of rotatable bonds is 2. The fraction of sp³-hybridized carbons (Fsp3) is 0.0833. The van der Waals surface area contributed by atoms with Gasteiger partial charge < -0.3 is 5.11 Å². The molecule has 1 N–H and O–H groups in total. The second kappa shape index (κ2) is 5.25. The number of hydrogen-bond donors (Lipinski definition) is 1. The van der Waals surface area contributed by atoms with Gasteiger partial charge in [-0.2, -0.15) is 0 Å². The van der Waals surface area contributed by atoms with E-state index in [2.05, 4.69) is 36.8 Å². The molecule has 0 spiro atoms. The number of nitrogens with zero attached hydrogens (tertiary/aromatic N) is 1. The van der Waals surface area contributed by atoms with Gasteiger partial charge in [-0.15, -0.1) is 0 Å². The van der Waals surface area contributed by atoms with Gasteiger partial charge in [0, 0.05) is 26.3 Å². The van der Waals surface area contributed by atoms with E-state index in [0.29, 0.717) is 11.1 Å². The Bertz CT molecular complexity index is 548. The van der Waals surface area contributed by atoms with Gasteiger partial charge in [0.2, 0.25) is 0 Å². The first-order valence-electron chi connectivity index (χ1n) is 4.81. The largest absolute Gasteiger partial charge is 0.384 e. The first-order chi connectivity index (χ1) is 8.08. The highest BCUT2D eigenvalue weighted by Crippen LogP contribution is 2.30. The van der Waals surface area contributed by atoms with Gasteiger partial charge in [0.25, 0.3) is 0 Å². The summed E-state index contributed by atoms with van der Waals surface area (Å²) in [4.78, 5) is 3.72. The Morgan fingerprint density at radius 3 is 2.65 bits per heavy atom. The van der Waals surface area contributed by atoms with Crippen molar-refractivity contribution in [2.75, 3.05) is 0 Å². The van der Waals surface area contributed by atoms with Gasteiger partial charge in [0.05, 0.1) is 6.20 Å². The van der Waals surface area contributed by atoms with Crippen LogP contribution in [0.3, 0.4) is 0 Å². The highest BCUT2D eigenvalue weighted by molar-refractivity contribution is 9.11. The third-order valence-electron chi connectivity index (χ3n) is 2.29. The molecule has 88 valence electrons. The monoisotopic (exact) mass is 359 g/mol. The van der Waals surface area contributed by atoms with Crippen molar-refractivity contribution >= 4 is 31.9 Å². The molecule has 1 unspecified atom stereocenters. The molecule has 0 fully saturated rings. The number of halogens is 3. The van der Waals surface area contributed by atoms with Crippen LogP contribution >= 0.6 is 31.9 Å². The summed E-state index contributed by atoms with van der Waals surface area (Å²) in [6.45, 7) is 0. The predicted molar refractivity (Wildman–Crippen MR) is 70.1 cm³/mol. The molecule has 1 atom stereocenters. The summed E-state index contributed by atoms with van der Waals surface area (Å²) in [5.74, 6) is -0.465. The molecule has 17 heavy (non-hydrogen) atoms. The van der Waals surface area contributed by atoms with Crippen LogP contribution < -0.4 is 0 Å². The Kier molecular flexibility index (Phi) is 3.91. The molecule has 0 radical (unpaired) electrons. The van der Waals surface area contributed by atoms with Crippen LogP contribution in [-0.4, -0.2) is 10.1 Å². The van der Waals surface area contributed by atoms with Crippen molar-refractivity contribution in [2.45, 2.75) is 6.10 Å². The zero-order chi connectivity index (χ0) is 12.4. The van der Waals surface area contributed by atoms with E-state index in [1.807, 2.05) is 12.1 Å². The van der Waals surface area contributed by atoms with E-state index in [9.17, 15) is 9.50 Å². The minimum atomic E-state index is -0.912. The number of hydrogen-bond acceptors (Lipinski definition) is 2. The molecular formula is C12H8Br2FNO. The van der Waals surface area contributed by atoms with Crippen LogP contribution in [0.4, 0.5) is 4.39 Å². The molecule has 1 aromatic heterocycles. The zero-order valence-corrected chi connectivity index (χ0v) is 11.7. The van der Waals surface area contributed by atoms with Crippen LogP contribution in [0, 0.1) is 5.82 Å². The van der Waals surface area contributed by atoms with Gasteiger partial charge in [-0.1, -0.05) is 31.9 Å². The van der Waals surface area contributed by atoms with Crippen molar-refractivity contribution in [1.29, 1.82) is 0 Å². The molecule has 2 nitrogen and oxygen atoms in total. The van der Waals surface area contributed by atoms with Crippen molar-refractivity contribution in [2.24, 2.45) is 0 Å². The van der Waals surface area contributed by atoms with Crippen molar-refractivity contribution in [3.8, 4) is 0 Å². The van der Waals surface area contributed by atoms with Gasteiger partial charge in [-0.25, -0.2) is 4.39 Å². The molecule has 0 aliphatic heterocycles. The maximum absolute atomic E-state index is 13.0. The first kappa shape index (κ1) is 12.7. The second-order valence-electron chi connectivity index (χ2n) is 3.50. The predicted octanol–water partition coefficient (Wildman–Crippen LogP) is 3.83. The molecule has 0 saturated carbocycles. The van der Waals surface area contributed by atoms with Crippen molar-refractivity contribution in [1.82, 2.24) is 4.98 Å². The SMILES string of the molecule is OC(c1cncc(F)c1)c1cc(Br)ccc1Br. The normalized spacial score (nSPS) is 12.5. The van der Waals surface area contributed by atoms with E-state index in [0.717, 1.165) is 15.1 Å². The quantitative estimate of drug-likeness (QED) is 0.882. The fourth-order valence-corrected chi connectivity index (χ4v) is 2.32. The average molecular weight is 361 g/mol. The van der Waals surface area contributed by atoms with Crippen molar-refractivity contribution < 1.29 is 9.50 Å². The lowest BCUT2D eigenvalue weighted by Crippen LogP contribution is -2.02. The zero-order valence-electron chi connectivity index (χ0n) is 8.57. The number of pyridine rings is 1. The Morgan fingerprint density at radius 2 is 1.94 bits per heavy atom. The van der Waals surface area contributed by atoms with Gasteiger partial charge >= 0.3 is 0 Å². The Labute approximate surface area is 115 Å². The third kappa shape index (κ3) is 2.91. The molecule has 1 heterocycles. The number of benzene rings is 1. The first-order valence-corrected chi connectivity index (χ1v) is 6.40. The van der Waals surface area contributed by atoms with Gasteiger partial charge in [-0.05, 0) is 24.3 Å². The molecule has 0 bridgehead atoms. The van der Waals surface area contributed by atoms with Gasteiger partial charge in [0.15, 0.2) is 0 Å². The van der Waals surface area contributed by atoms with E-state index in [1.165, 1.54) is 12.3 Å². The number of aromatic nitrogens is 1. The summed E-state index contributed by atoms with van der Waals surface area (Å²) in [5, 5.41) is 10.2. The summed E-state index contributed by atoms with van der Waals surface area (Å²) in [7, 11) is 0. The summed E-state index contributed by atoms with van der Waals surface area (Å²) >= 11 is 6.68. The molecule has 0 amide bonds. The molecular weight excluding hydrogens is 353 g/mol. The average Bonchev–Trinajstić information content (AvgIpc) is 2.31. The molecule has 2 aromatic rings. The number of aliphatic hydroxyl groups excluding tert-OH is 1. The van der Waals surface area contributed by atoms with E-state index < -0.39 is 11.9 Å². The van der Waals surface area contributed by atoms with E-state index >= 15 is 0 Å². The molecule has 0 aliphatic carbocycles. The van der Waals surface area contributed by atoms with Gasteiger partial charge in [0.1, 0.15) is 11.9 Å². The number of aliphatic hydroxyl groups is 1. The van der Waals surface area contributed by atoms with Crippen LogP contribution in [0.5, 0.6) is 0 Å². The van der Waals surface area contributed by atoms with E-state index in [-0.39, 0.29) is 0 Å². The van der Waals surface area contributed by atoms with E-state index in [4.69, 9.17) is 0 Å². The summed E-state index contributed by atoms with van der Waals surface area (Å²) < 4.78 is 14.6. The lowest BCUT2D eigenvalue weighted by Gasteiger charge is -2.13. The fourth-order valence-electron chi connectivity index (χ4n) is 1.48. The molecule has 5 heteroatoms. The van der Waals surface area contributed by atoms with Crippen LogP contribution in [-0.2, 0) is 0 Å². The van der Waals surface area contributed by atoms with Crippen molar-refractivity contribution in [3.05, 3.63) is 62.5 Å². The topological polar surface area (TPSA) is 33.1 Å². The lowest BCUT2D eigenvalue weighted by molar-refractivity contribution is 0.218. The summed E-state index contributed by atoms with van der Waals surface area (Å²) in [5.41, 5.74) is 1.08. The Balaban J connectivity index is 2.43. The Hall–Kier alpha value is -0.780. The Morgan fingerprint density at radius 1 is 1.18 bits per heavy atom. The third-order valence-corrected chi connectivity index (χ3v) is 3.51. The van der Waals surface area contributed by atoms with Gasteiger partial charge in [-0.3, -0.25) is 4.98 Å². The molecule has 0 saturated heterocycles. The minimum Gasteiger partial charge on any atom is -0.384 e. The standard InChI is InChI=1S/C12H8Br2FNO/c13-8-1-2-11(14)10(4-8)12(17)7-3-9(15)6-16-5-7/h1-6,12,17H. The highest BCUT2D eigenvalue weighted by atomic mass is 79.9. The smallest absolute Gasteiger partial charge is 0.141 e. The minimum absolute atomic E-state index is 0.420. The summed E-state index contributed by atoms with van der Waals surface area (Å²) in [6, 6.07) is 6.71. The second-order valence-corrected chi connectivity index (χ2v) is 5.27. The molecule has 2 rings (SSSR count). The molecule has 0 aliphatic rings. The van der Waals surface area contributed by atoms with Crippen LogP contribution in [0.25, 0.3) is 0 Å².